The highest BCUT2D eigenvalue weighted by molar-refractivity contribution is 7.15. The molecule has 0 aromatic carbocycles. The third-order valence-electron chi connectivity index (χ3n) is 6.22. The van der Waals surface area contributed by atoms with E-state index >= 15 is 0 Å². The van der Waals surface area contributed by atoms with Gasteiger partial charge in [-0.2, -0.15) is 0 Å². The molecule has 0 atom stereocenters. The number of nitrogens with zero attached hydrogens (tertiary/aromatic N) is 2. The highest BCUT2D eigenvalue weighted by atomic mass is 32.1. The minimum Gasteiger partial charge on any atom is -0.466 e. The molecule has 2 aliphatic carbocycles. The first-order valence-electron chi connectivity index (χ1n) is 11.5. The highest BCUT2D eigenvalue weighted by Gasteiger charge is 2.30. The number of aromatic nitrogens is 1. The van der Waals surface area contributed by atoms with E-state index in [9.17, 15) is 4.79 Å². The van der Waals surface area contributed by atoms with Crippen LogP contribution in [0.5, 0.6) is 0 Å². The lowest BCUT2D eigenvalue weighted by Gasteiger charge is -2.44. The molecule has 1 aromatic heterocycles. The predicted octanol–water partition coefficient (Wildman–Crippen LogP) is 5.66. The van der Waals surface area contributed by atoms with Gasteiger partial charge in [0.2, 0.25) is 0 Å². The second-order valence-corrected chi connectivity index (χ2v) is 9.37. The number of anilines is 1. The van der Waals surface area contributed by atoms with Crippen LogP contribution in [0.2, 0.25) is 0 Å². The summed E-state index contributed by atoms with van der Waals surface area (Å²) in [7, 11) is 0. The molecule has 0 bridgehead atoms. The van der Waals surface area contributed by atoms with Crippen LogP contribution in [-0.2, 0) is 22.4 Å². The largest absolute Gasteiger partial charge is 0.466 e. The number of rotatable bonds is 9. The molecule has 0 aliphatic heterocycles. The van der Waals surface area contributed by atoms with Gasteiger partial charge in [0.05, 0.1) is 18.7 Å². The van der Waals surface area contributed by atoms with Crippen molar-refractivity contribution in [3.05, 3.63) is 23.0 Å². The van der Waals surface area contributed by atoms with Crippen molar-refractivity contribution < 1.29 is 9.53 Å². The van der Waals surface area contributed by atoms with Crippen molar-refractivity contribution in [3.63, 3.8) is 0 Å². The van der Waals surface area contributed by atoms with E-state index in [1.54, 1.807) is 11.3 Å². The number of aryl methyl sites for hydroxylation is 1. The van der Waals surface area contributed by atoms with Crippen LogP contribution in [0.4, 0.5) is 5.13 Å². The normalized spacial score (nSPS) is 18.4. The Morgan fingerprint density at radius 2 is 1.69 bits per heavy atom. The maximum absolute atomic E-state index is 11.9. The molecular formula is C23H37N3O2S. The van der Waals surface area contributed by atoms with Crippen LogP contribution in [-0.4, -0.2) is 34.5 Å². The van der Waals surface area contributed by atoms with Gasteiger partial charge in [-0.1, -0.05) is 52.0 Å². The van der Waals surface area contributed by atoms with E-state index in [0.29, 0.717) is 18.7 Å². The molecular weight excluding hydrogens is 382 g/mol. The van der Waals surface area contributed by atoms with Crippen LogP contribution in [0.15, 0.2) is 12.4 Å². The summed E-state index contributed by atoms with van der Waals surface area (Å²) in [5.74, 6) is 0.784. The van der Waals surface area contributed by atoms with E-state index in [0.717, 1.165) is 27.9 Å². The quantitative estimate of drug-likeness (QED) is 0.523. The van der Waals surface area contributed by atoms with Gasteiger partial charge in [-0.15, -0.1) is 11.3 Å². The molecule has 2 aliphatic rings. The molecule has 29 heavy (non-hydrogen) atoms. The monoisotopic (exact) mass is 419 g/mol. The van der Waals surface area contributed by atoms with Crippen molar-refractivity contribution in [2.45, 2.75) is 103 Å². The van der Waals surface area contributed by atoms with E-state index in [-0.39, 0.29) is 12.4 Å². The fraction of sp³-hybridized carbons (Fsp3) is 0.739. The number of nitrogens with one attached hydrogen (secondary N) is 1. The number of carbonyl (C=O) groups excluding carboxylic acids is 1. The molecule has 0 radical (unpaired) electrons. The van der Waals surface area contributed by atoms with Crippen LogP contribution in [0.3, 0.4) is 0 Å². The topological polar surface area (TPSA) is 54.5 Å². The second kappa shape index (κ2) is 11.0. The third kappa shape index (κ3) is 5.97. The average molecular weight is 420 g/mol. The van der Waals surface area contributed by atoms with Gasteiger partial charge in [0.1, 0.15) is 5.82 Å². The summed E-state index contributed by atoms with van der Waals surface area (Å²) >= 11 is 1.64. The fourth-order valence-electron chi connectivity index (χ4n) is 4.85. The molecule has 3 rings (SSSR count). The van der Waals surface area contributed by atoms with Crippen molar-refractivity contribution in [1.29, 1.82) is 0 Å². The van der Waals surface area contributed by atoms with Gasteiger partial charge in [-0.25, -0.2) is 4.98 Å². The summed E-state index contributed by atoms with van der Waals surface area (Å²) in [6.45, 7) is 8.80. The molecule has 1 N–H and O–H groups in total. The molecule has 6 heteroatoms. The molecule has 162 valence electrons. The van der Waals surface area contributed by atoms with Crippen molar-refractivity contribution >= 4 is 22.4 Å². The van der Waals surface area contributed by atoms with Gasteiger partial charge >= 0.3 is 5.97 Å². The summed E-state index contributed by atoms with van der Waals surface area (Å²) in [6.07, 6.45) is 14.2. The lowest BCUT2D eigenvalue weighted by Crippen LogP contribution is -2.45. The first-order chi connectivity index (χ1) is 14.1. The predicted molar refractivity (Wildman–Crippen MR) is 120 cm³/mol. The molecule has 1 aromatic rings. The molecule has 0 amide bonds. The first kappa shape index (κ1) is 22.1. The zero-order chi connectivity index (χ0) is 20.6. The number of hydrogen-bond donors (Lipinski definition) is 1. The van der Waals surface area contributed by atoms with E-state index in [1.165, 1.54) is 64.2 Å². The maximum Gasteiger partial charge on any atom is 0.311 e. The van der Waals surface area contributed by atoms with Crippen LogP contribution >= 0.6 is 11.3 Å². The highest BCUT2D eigenvalue weighted by Crippen LogP contribution is 2.34. The number of carbonyl (C=O) groups is 1. The Balaban J connectivity index is 1.72. The Labute approximate surface area is 179 Å². The van der Waals surface area contributed by atoms with Crippen LogP contribution in [0.25, 0.3) is 0 Å². The number of ether oxygens (including phenoxy) is 1. The average Bonchev–Trinajstić information content (AvgIpc) is 3.11. The van der Waals surface area contributed by atoms with E-state index in [2.05, 4.69) is 23.7 Å². The summed E-state index contributed by atoms with van der Waals surface area (Å²) in [5.41, 5.74) is 0.841. The van der Waals surface area contributed by atoms with Gasteiger partial charge < -0.3 is 15.0 Å². The van der Waals surface area contributed by atoms with E-state index in [1.807, 2.05) is 6.92 Å². The van der Waals surface area contributed by atoms with Gasteiger partial charge in [-0.05, 0) is 39.0 Å². The third-order valence-corrected chi connectivity index (χ3v) is 7.37. The standard InChI is InChI=1S/C23H37N3O2S/c1-4-21-20(16-22(27)28-5-2)25-23(29-21)24-17(3)26(18-12-8-6-9-13-18)19-14-10-7-11-15-19/h18-19H,3-16H2,1-2H3,(H,24,25). The summed E-state index contributed by atoms with van der Waals surface area (Å²) in [4.78, 5) is 20.4. The van der Waals surface area contributed by atoms with Gasteiger partial charge in [-0.3, -0.25) is 4.79 Å². The molecule has 5 nitrogen and oxygen atoms in total. The SMILES string of the molecule is C=C(Nc1nc(CC(=O)OCC)c(CC)s1)N(C1CCCCC1)C1CCCCC1. The minimum atomic E-state index is -0.205. The molecule has 0 unspecified atom stereocenters. The van der Waals surface area contributed by atoms with Gasteiger partial charge in [0, 0.05) is 17.0 Å². The van der Waals surface area contributed by atoms with E-state index < -0.39 is 0 Å². The van der Waals surface area contributed by atoms with Crippen molar-refractivity contribution in [3.8, 4) is 0 Å². The summed E-state index contributed by atoms with van der Waals surface area (Å²) in [5, 5.41) is 4.37. The molecule has 2 fully saturated rings. The number of hydrogen-bond acceptors (Lipinski definition) is 6. The summed E-state index contributed by atoms with van der Waals surface area (Å²) < 4.78 is 5.11. The lowest BCUT2D eigenvalue weighted by molar-refractivity contribution is -0.142. The number of thiazole rings is 1. The maximum atomic E-state index is 11.9. The molecule has 1 heterocycles. The Bertz CT molecular complexity index is 658. The fourth-order valence-corrected chi connectivity index (χ4v) is 5.78. The van der Waals surface area contributed by atoms with Crippen LogP contribution in [0, 0.1) is 0 Å². The van der Waals surface area contributed by atoms with Crippen molar-refractivity contribution in [2.75, 3.05) is 11.9 Å². The minimum absolute atomic E-state index is 0.205. The van der Waals surface area contributed by atoms with Crippen LogP contribution < -0.4 is 5.32 Å². The summed E-state index contributed by atoms with van der Waals surface area (Å²) in [6, 6.07) is 1.19. The Hall–Kier alpha value is -1.56. The second-order valence-electron chi connectivity index (χ2n) is 8.29. The Morgan fingerprint density at radius 1 is 1.10 bits per heavy atom. The smallest absolute Gasteiger partial charge is 0.311 e. The van der Waals surface area contributed by atoms with Crippen LogP contribution in [0.1, 0.15) is 88.6 Å². The lowest BCUT2D eigenvalue weighted by atomic mass is 9.88. The van der Waals surface area contributed by atoms with Crippen molar-refractivity contribution in [2.24, 2.45) is 0 Å². The molecule has 0 saturated heterocycles. The zero-order valence-electron chi connectivity index (χ0n) is 18.2. The van der Waals surface area contributed by atoms with Gasteiger partial charge in [0.25, 0.3) is 0 Å². The Kier molecular flexibility index (Phi) is 8.40. The van der Waals surface area contributed by atoms with E-state index in [4.69, 9.17) is 9.72 Å². The first-order valence-corrected chi connectivity index (χ1v) is 12.3. The molecule has 2 saturated carbocycles. The van der Waals surface area contributed by atoms with Crippen molar-refractivity contribution in [1.82, 2.24) is 9.88 Å². The molecule has 0 spiro atoms. The van der Waals surface area contributed by atoms with Gasteiger partial charge in [0.15, 0.2) is 5.13 Å². The zero-order valence-corrected chi connectivity index (χ0v) is 19.0. The Morgan fingerprint density at radius 3 is 2.21 bits per heavy atom. The number of esters is 1.